The van der Waals surface area contributed by atoms with Gasteiger partial charge >= 0.3 is 0 Å². The fourth-order valence-electron chi connectivity index (χ4n) is 2.58. The number of aromatic nitrogens is 3. The standard InChI is InChI=1S/C18H21FN4OS/c1-3-9-23-17(14-7-8-14)20-21-18(23)25-12-16(24)22(2)11-13-5-4-6-15(19)10-13/h3-6,10,14H,1,7-9,11-12H2,2H3. The van der Waals surface area contributed by atoms with Crippen molar-refractivity contribution in [2.75, 3.05) is 12.8 Å². The molecule has 0 aliphatic heterocycles. The Bertz CT molecular complexity index is 772. The Labute approximate surface area is 150 Å². The molecule has 7 heteroatoms. The maximum Gasteiger partial charge on any atom is 0.233 e. The van der Waals surface area contributed by atoms with E-state index in [1.165, 1.54) is 23.9 Å². The van der Waals surface area contributed by atoms with E-state index in [2.05, 4.69) is 16.8 Å². The van der Waals surface area contributed by atoms with E-state index in [1.807, 2.05) is 16.7 Å². The average molecular weight is 360 g/mol. The van der Waals surface area contributed by atoms with E-state index in [-0.39, 0.29) is 17.5 Å². The number of nitrogens with zero attached hydrogens (tertiary/aromatic N) is 4. The second kappa shape index (κ2) is 7.82. The normalized spacial score (nSPS) is 13.7. The molecule has 0 N–H and O–H groups in total. The van der Waals surface area contributed by atoms with Crippen molar-refractivity contribution in [1.29, 1.82) is 0 Å². The van der Waals surface area contributed by atoms with Crippen LogP contribution in [0.15, 0.2) is 42.1 Å². The van der Waals surface area contributed by atoms with Crippen LogP contribution in [0.4, 0.5) is 4.39 Å². The Hall–Kier alpha value is -2.15. The molecule has 0 radical (unpaired) electrons. The summed E-state index contributed by atoms with van der Waals surface area (Å²) >= 11 is 1.38. The maximum absolute atomic E-state index is 13.2. The quantitative estimate of drug-likeness (QED) is 0.536. The Morgan fingerprint density at radius 1 is 1.48 bits per heavy atom. The number of amides is 1. The summed E-state index contributed by atoms with van der Waals surface area (Å²) in [5.74, 6) is 1.43. The molecule has 1 heterocycles. The largest absolute Gasteiger partial charge is 0.341 e. The minimum atomic E-state index is -0.294. The van der Waals surface area contributed by atoms with Gasteiger partial charge in [0.1, 0.15) is 11.6 Å². The number of carbonyl (C=O) groups is 1. The summed E-state index contributed by atoms with van der Waals surface area (Å²) in [4.78, 5) is 14.0. The molecule has 3 rings (SSSR count). The number of hydrogen-bond acceptors (Lipinski definition) is 4. The van der Waals surface area contributed by atoms with Crippen molar-refractivity contribution >= 4 is 17.7 Å². The molecule has 25 heavy (non-hydrogen) atoms. The van der Waals surface area contributed by atoms with Gasteiger partial charge in [-0.25, -0.2) is 4.39 Å². The lowest BCUT2D eigenvalue weighted by atomic mass is 10.2. The second-order valence-corrected chi connectivity index (χ2v) is 7.13. The van der Waals surface area contributed by atoms with Gasteiger partial charge in [0.25, 0.3) is 0 Å². The predicted octanol–water partition coefficient (Wildman–Crippen LogP) is 3.23. The molecule has 1 saturated carbocycles. The van der Waals surface area contributed by atoms with Gasteiger partial charge in [-0.3, -0.25) is 4.79 Å². The van der Waals surface area contributed by atoms with E-state index < -0.39 is 0 Å². The van der Waals surface area contributed by atoms with Crippen LogP contribution in [0.2, 0.25) is 0 Å². The Morgan fingerprint density at radius 3 is 2.96 bits per heavy atom. The van der Waals surface area contributed by atoms with Crippen molar-refractivity contribution < 1.29 is 9.18 Å². The van der Waals surface area contributed by atoms with E-state index in [1.54, 1.807) is 18.0 Å². The zero-order chi connectivity index (χ0) is 17.8. The fourth-order valence-corrected chi connectivity index (χ4v) is 3.48. The Morgan fingerprint density at radius 2 is 2.28 bits per heavy atom. The zero-order valence-electron chi connectivity index (χ0n) is 14.2. The van der Waals surface area contributed by atoms with Crippen LogP contribution in [0.25, 0.3) is 0 Å². The van der Waals surface area contributed by atoms with Crippen molar-refractivity contribution in [2.45, 2.75) is 37.0 Å². The number of halogens is 1. The topological polar surface area (TPSA) is 51.0 Å². The molecular formula is C18H21FN4OS. The molecule has 0 unspecified atom stereocenters. The first kappa shape index (κ1) is 17.7. The smallest absolute Gasteiger partial charge is 0.233 e. The van der Waals surface area contributed by atoms with Crippen LogP contribution in [-0.4, -0.2) is 38.4 Å². The number of thioether (sulfide) groups is 1. The molecule has 0 spiro atoms. The first-order valence-electron chi connectivity index (χ1n) is 8.23. The van der Waals surface area contributed by atoms with Crippen molar-refractivity contribution in [3.63, 3.8) is 0 Å². The third-order valence-corrected chi connectivity index (χ3v) is 5.01. The summed E-state index contributed by atoms with van der Waals surface area (Å²) < 4.78 is 15.3. The highest BCUT2D eigenvalue weighted by molar-refractivity contribution is 7.99. The summed E-state index contributed by atoms with van der Waals surface area (Å²) in [5.41, 5.74) is 0.770. The van der Waals surface area contributed by atoms with Gasteiger partial charge in [0, 0.05) is 26.1 Å². The average Bonchev–Trinajstić information content (AvgIpc) is 3.35. The third-order valence-electron chi connectivity index (χ3n) is 4.06. The molecule has 5 nitrogen and oxygen atoms in total. The molecule has 1 aromatic heterocycles. The number of allylic oxidation sites excluding steroid dienone is 1. The lowest BCUT2D eigenvalue weighted by Crippen LogP contribution is -2.28. The van der Waals surface area contributed by atoms with Gasteiger partial charge in [-0.1, -0.05) is 30.0 Å². The van der Waals surface area contributed by atoms with Crippen molar-refractivity contribution in [1.82, 2.24) is 19.7 Å². The summed E-state index contributed by atoms with van der Waals surface area (Å²) in [6.45, 7) is 4.81. The zero-order valence-corrected chi connectivity index (χ0v) is 15.0. The van der Waals surface area contributed by atoms with Gasteiger partial charge in [-0.2, -0.15) is 0 Å². The molecule has 1 aliphatic rings. The summed E-state index contributed by atoms with van der Waals surface area (Å²) in [6, 6.07) is 6.29. The van der Waals surface area contributed by atoms with Crippen LogP contribution in [0.3, 0.4) is 0 Å². The van der Waals surface area contributed by atoms with E-state index in [9.17, 15) is 9.18 Å². The summed E-state index contributed by atoms with van der Waals surface area (Å²) in [6.07, 6.45) is 4.11. The fraction of sp³-hybridized carbons (Fsp3) is 0.389. The van der Waals surface area contributed by atoms with Gasteiger partial charge < -0.3 is 9.47 Å². The summed E-state index contributed by atoms with van der Waals surface area (Å²) in [5, 5.41) is 9.25. The number of carbonyl (C=O) groups excluding carboxylic acids is 1. The van der Waals surface area contributed by atoms with E-state index in [0.29, 0.717) is 19.0 Å². The van der Waals surface area contributed by atoms with E-state index in [4.69, 9.17) is 0 Å². The van der Waals surface area contributed by atoms with Crippen molar-refractivity contribution in [2.24, 2.45) is 0 Å². The van der Waals surface area contributed by atoms with Gasteiger partial charge in [0.05, 0.1) is 5.75 Å². The molecular weight excluding hydrogens is 339 g/mol. The number of benzene rings is 1. The first-order chi connectivity index (χ1) is 12.1. The molecule has 0 bridgehead atoms. The van der Waals surface area contributed by atoms with Gasteiger partial charge in [0.2, 0.25) is 5.91 Å². The highest BCUT2D eigenvalue weighted by atomic mass is 32.2. The minimum absolute atomic E-state index is 0.0320. The molecule has 0 saturated heterocycles. The van der Waals surface area contributed by atoms with Crippen LogP contribution < -0.4 is 0 Å². The molecule has 132 valence electrons. The minimum Gasteiger partial charge on any atom is -0.341 e. The van der Waals surface area contributed by atoms with Crippen LogP contribution in [0.1, 0.15) is 30.1 Å². The highest BCUT2D eigenvalue weighted by Crippen LogP contribution is 2.40. The molecule has 1 amide bonds. The third kappa shape index (κ3) is 4.48. The van der Waals surface area contributed by atoms with Crippen LogP contribution in [-0.2, 0) is 17.9 Å². The molecule has 0 atom stereocenters. The Balaban J connectivity index is 1.59. The van der Waals surface area contributed by atoms with Crippen LogP contribution in [0, 0.1) is 5.82 Å². The van der Waals surface area contributed by atoms with Crippen molar-refractivity contribution in [3.05, 3.63) is 54.1 Å². The second-order valence-electron chi connectivity index (χ2n) is 6.18. The molecule has 1 fully saturated rings. The maximum atomic E-state index is 13.2. The molecule has 2 aromatic rings. The molecule has 1 aliphatic carbocycles. The van der Waals surface area contributed by atoms with Crippen molar-refractivity contribution in [3.8, 4) is 0 Å². The van der Waals surface area contributed by atoms with E-state index >= 15 is 0 Å². The highest BCUT2D eigenvalue weighted by Gasteiger charge is 2.30. The van der Waals surface area contributed by atoms with Crippen LogP contribution >= 0.6 is 11.8 Å². The lowest BCUT2D eigenvalue weighted by Gasteiger charge is -2.17. The van der Waals surface area contributed by atoms with Gasteiger partial charge in [0.15, 0.2) is 5.16 Å². The predicted molar refractivity (Wildman–Crippen MR) is 95.8 cm³/mol. The SMILES string of the molecule is C=CCn1c(SCC(=O)N(C)Cc2cccc(F)c2)nnc1C1CC1. The lowest BCUT2D eigenvalue weighted by molar-refractivity contribution is -0.127. The number of hydrogen-bond donors (Lipinski definition) is 0. The Kier molecular flexibility index (Phi) is 5.53. The first-order valence-corrected chi connectivity index (χ1v) is 9.22. The summed E-state index contributed by atoms with van der Waals surface area (Å²) in [7, 11) is 1.72. The van der Waals surface area contributed by atoms with E-state index in [0.717, 1.165) is 29.4 Å². The molecule has 1 aromatic carbocycles. The monoisotopic (exact) mass is 360 g/mol. The van der Waals surface area contributed by atoms with Crippen LogP contribution in [0.5, 0.6) is 0 Å². The van der Waals surface area contributed by atoms with Gasteiger partial charge in [-0.05, 0) is 30.5 Å². The number of rotatable bonds is 8. The van der Waals surface area contributed by atoms with Gasteiger partial charge in [-0.15, -0.1) is 16.8 Å².